The molecule has 0 bridgehead atoms. The Morgan fingerprint density at radius 2 is 2.19 bits per heavy atom. The second kappa shape index (κ2) is 5.74. The van der Waals surface area contributed by atoms with Gasteiger partial charge >= 0.3 is 0 Å². The van der Waals surface area contributed by atoms with Crippen LogP contribution in [0.2, 0.25) is 0 Å². The number of hydrogen-bond acceptors (Lipinski definition) is 1. The molecule has 0 saturated carbocycles. The molecule has 0 saturated heterocycles. The zero-order valence-corrected chi connectivity index (χ0v) is 9.96. The molecule has 0 fully saturated rings. The van der Waals surface area contributed by atoms with E-state index in [-0.39, 0.29) is 0 Å². The summed E-state index contributed by atoms with van der Waals surface area (Å²) >= 11 is 0. The molecule has 1 aromatic rings. The Balaban J connectivity index is 2.14. The largest absolute Gasteiger partial charge is 0.493 e. The second-order valence-electron chi connectivity index (χ2n) is 4.22. The quantitative estimate of drug-likeness (QED) is 0.690. The highest BCUT2D eigenvalue weighted by atomic mass is 16.5. The Morgan fingerprint density at radius 1 is 1.31 bits per heavy atom. The van der Waals surface area contributed by atoms with E-state index in [4.69, 9.17) is 4.74 Å². The summed E-state index contributed by atoms with van der Waals surface area (Å²) in [6, 6.07) is 8.53. The lowest BCUT2D eigenvalue weighted by Gasteiger charge is -2.11. The fourth-order valence-electron chi connectivity index (χ4n) is 1.98. The SMILES string of the molecule is CCCCOC1=[C]CCCc2ccccc21. The van der Waals surface area contributed by atoms with Gasteiger partial charge in [-0.15, -0.1) is 0 Å². The van der Waals surface area contributed by atoms with E-state index >= 15 is 0 Å². The molecule has 0 unspecified atom stereocenters. The molecule has 0 heterocycles. The summed E-state index contributed by atoms with van der Waals surface area (Å²) in [7, 11) is 0. The molecular weight excluding hydrogens is 196 g/mol. The molecule has 1 aliphatic rings. The van der Waals surface area contributed by atoms with Crippen molar-refractivity contribution in [1.82, 2.24) is 0 Å². The second-order valence-corrected chi connectivity index (χ2v) is 4.22. The Bertz CT molecular complexity index is 365. The van der Waals surface area contributed by atoms with Gasteiger partial charge in [0.15, 0.2) is 0 Å². The molecule has 1 aromatic carbocycles. The zero-order chi connectivity index (χ0) is 11.2. The number of benzene rings is 1. The maximum Gasteiger partial charge on any atom is 0.130 e. The van der Waals surface area contributed by atoms with Crippen molar-refractivity contribution in [2.24, 2.45) is 0 Å². The molecule has 0 aromatic heterocycles. The molecular formula is C15H19O. The van der Waals surface area contributed by atoms with Crippen LogP contribution >= 0.6 is 0 Å². The lowest BCUT2D eigenvalue weighted by Crippen LogP contribution is -1.97. The van der Waals surface area contributed by atoms with Crippen LogP contribution in [0, 0.1) is 6.08 Å². The summed E-state index contributed by atoms with van der Waals surface area (Å²) in [5.41, 5.74) is 2.65. The van der Waals surface area contributed by atoms with Gasteiger partial charge in [-0.3, -0.25) is 0 Å². The summed E-state index contributed by atoms with van der Waals surface area (Å²) in [5.74, 6) is 0.974. The van der Waals surface area contributed by atoms with Crippen LogP contribution in [-0.2, 0) is 11.2 Å². The van der Waals surface area contributed by atoms with E-state index < -0.39 is 0 Å². The number of fused-ring (bicyclic) bond motifs is 1. The summed E-state index contributed by atoms with van der Waals surface area (Å²) < 4.78 is 5.84. The predicted molar refractivity (Wildman–Crippen MR) is 66.9 cm³/mol. The molecule has 0 N–H and O–H groups in total. The van der Waals surface area contributed by atoms with Crippen molar-refractivity contribution in [3.8, 4) is 0 Å². The molecule has 1 nitrogen and oxygen atoms in total. The standard InChI is InChI=1S/C15H19O/c1-2-3-12-16-15-11-7-5-9-13-8-4-6-10-14(13)15/h4,6,8,10H,2-3,5,7,9,12H2,1H3. The minimum Gasteiger partial charge on any atom is -0.493 e. The molecule has 0 spiro atoms. The number of unbranched alkanes of at least 4 members (excludes halogenated alkanes) is 1. The van der Waals surface area contributed by atoms with Crippen molar-refractivity contribution >= 4 is 5.76 Å². The van der Waals surface area contributed by atoms with Gasteiger partial charge in [-0.1, -0.05) is 37.6 Å². The van der Waals surface area contributed by atoms with Crippen molar-refractivity contribution in [3.63, 3.8) is 0 Å². The van der Waals surface area contributed by atoms with E-state index in [0.717, 1.165) is 31.6 Å². The first-order chi connectivity index (χ1) is 7.92. The van der Waals surface area contributed by atoms with Crippen molar-refractivity contribution in [2.75, 3.05) is 6.61 Å². The van der Waals surface area contributed by atoms with E-state index in [1.54, 1.807) is 0 Å². The van der Waals surface area contributed by atoms with E-state index in [1.165, 1.54) is 24.0 Å². The third-order valence-electron chi connectivity index (χ3n) is 2.91. The van der Waals surface area contributed by atoms with Crippen LogP contribution in [-0.4, -0.2) is 6.61 Å². The molecule has 2 rings (SSSR count). The Morgan fingerprint density at radius 3 is 3.06 bits per heavy atom. The Labute approximate surface area is 98.1 Å². The monoisotopic (exact) mass is 215 g/mol. The first kappa shape index (κ1) is 11.3. The normalized spacial score (nSPS) is 14.9. The highest BCUT2D eigenvalue weighted by Crippen LogP contribution is 2.25. The van der Waals surface area contributed by atoms with Gasteiger partial charge in [0.05, 0.1) is 6.61 Å². The number of ether oxygens (including phenoxy) is 1. The molecule has 1 aliphatic carbocycles. The third kappa shape index (κ3) is 2.66. The predicted octanol–water partition coefficient (Wildman–Crippen LogP) is 3.98. The van der Waals surface area contributed by atoms with E-state index in [9.17, 15) is 0 Å². The molecule has 0 aliphatic heterocycles. The maximum atomic E-state index is 5.84. The van der Waals surface area contributed by atoms with Gasteiger partial charge in [-0.2, -0.15) is 0 Å². The average molecular weight is 215 g/mol. The molecule has 16 heavy (non-hydrogen) atoms. The highest BCUT2D eigenvalue weighted by molar-refractivity contribution is 5.62. The van der Waals surface area contributed by atoms with Gasteiger partial charge in [-0.25, -0.2) is 0 Å². The summed E-state index contributed by atoms with van der Waals surface area (Å²) in [6.07, 6.45) is 9.02. The van der Waals surface area contributed by atoms with Crippen LogP contribution in [0.15, 0.2) is 24.3 Å². The van der Waals surface area contributed by atoms with Crippen LogP contribution in [0.4, 0.5) is 0 Å². The van der Waals surface area contributed by atoms with Crippen molar-refractivity contribution in [3.05, 3.63) is 41.5 Å². The van der Waals surface area contributed by atoms with Gasteiger partial charge < -0.3 is 4.74 Å². The van der Waals surface area contributed by atoms with Gasteiger partial charge in [-0.05, 0) is 31.2 Å². The third-order valence-corrected chi connectivity index (χ3v) is 2.91. The van der Waals surface area contributed by atoms with Crippen molar-refractivity contribution in [2.45, 2.75) is 39.0 Å². The van der Waals surface area contributed by atoms with Gasteiger partial charge in [0, 0.05) is 11.6 Å². The van der Waals surface area contributed by atoms with E-state index in [0.29, 0.717) is 0 Å². The summed E-state index contributed by atoms with van der Waals surface area (Å²) in [5, 5.41) is 0. The lowest BCUT2D eigenvalue weighted by molar-refractivity contribution is 0.268. The van der Waals surface area contributed by atoms with Crippen LogP contribution in [0.3, 0.4) is 0 Å². The van der Waals surface area contributed by atoms with Gasteiger partial charge in [0.1, 0.15) is 5.76 Å². The molecule has 0 amide bonds. The molecule has 85 valence electrons. The number of aryl methyl sites for hydroxylation is 1. The number of allylic oxidation sites excluding steroid dienone is 1. The maximum absolute atomic E-state index is 5.84. The minimum absolute atomic E-state index is 0.813. The van der Waals surface area contributed by atoms with Crippen LogP contribution < -0.4 is 0 Å². The van der Waals surface area contributed by atoms with Crippen molar-refractivity contribution < 1.29 is 4.74 Å². The van der Waals surface area contributed by atoms with E-state index in [2.05, 4.69) is 37.3 Å². The zero-order valence-electron chi connectivity index (χ0n) is 9.96. The first-order valence-corrected chi connectivity index (χ1v) is 6.23. The van der Waals surface area contributed by atoms with Gasteiger partial charge in [0.2, 0.25) is 0 Å². The lowest BCUT2D eigenvalue weighted by atomic mass is 10.0. The van der Waals surface area contributed by atoms with Crippen molar-refractivity contribution in [1.29, 1.82) is 0 Å². The van der Waals surface area contributed by atoms with E-state index in [1.807, 2.05) is 0 Å². The number of rotatable bonds is 4. The van der Waals surface area contributed by atoms with Crippen LogP contribution in [0.1, 0.15) is 43.7 Å². The first-order valence-electron chi connectivity index (χ1n) is 6.23. The van der Waals surface area contributed by atoms with Crippen LogP contribution in [0.25, 0.3) is 5.76 Å². The summed E-state index contributed by atoms with van der Waals surface area (Å²) in [4.78, 5) is 0. The highest BCUT2D eigenvalue weighted by Gasteiger charge is 2.11. The molecule has 1 radical (unpaired) electrons. The average Bonchev–Trinajstić information content (AvgIpc) is 2.52. The Kier molecular flexibility index (Phi) is 4.03. The summed E-state index contributed by atoms with van der Waals surface area (Å²) in [6.45, 7) is 3.00. The smallest absolute Gasteiger partial charge is 0.130 e. The molecule has 0 atom stereocenters. The topological polar surface area (TPSA) is 9.23 Å². The van der Waals surface area contributed by atoms with Crippen LogP contribution in [0.5, 0.6) is 0 Å². The molecule has 1 heteroatoms. The Hall–Kier alpha value is -1.24. The number of hydrogen-bond donors (Lipinski definition) is 0. The minimum atomic E-state index is 0.813. The van der Waals surface area contributed by atoms with Gasteiger partial charge in [0.25, 0.3) is 0 Å². The fourth-order valence-corrected chi connectivity index (χ4v) is 1.98. The fraction of sp³-hybridized carbons (Fsp3) is 0.467.